The molecule has 0 aliphatic rings. The van der Waals surface area contributed by atoms with Crippen LogP contribution in [0.2, 0.25) is 0 Å². The summed E-state index contributed by atoms with van der Waals surface area (Å²) in [4.78, 5) is 13.0. The van der Waals surface area contributed by atoms with E-state index in [1.54, 1.807) is 0 Å². The topological polar surface area (TPSA) is 32.3 Å². The number of hydrogen-bond acceptors (Lipinski definition) is 2. The van der Waals surface area contributed by atoms with Gasteiger partial charge >= 0.3 is 0 Å². The quantitative estimate of drug-likeness (QED) is 0.494. The maximum atomic E-state index is 10.7. The van der Waals surface area contributed by atoms with Crippen molar-refractivity contribution < 1.29 is 4.79 Å². The molecule has 1 N–H and O–H groups in total. The number of carbonyl (C=O) groups is 1. The molecule has 0 atom stereocenters. The molecular formula is C10H20N2O. The smallest absolute Gasteiger partial charge is 0.243 e. The molecule has 0 spiro atoms. The van der Waals surface area contributed by atoms with Crippen molar-refractivity contribution in [1.82, 2.24) is 10.2 Å². The minimum absolute atomic E-state index is 0.0906. The summed E-state index contributed by atoms with van der Waals surface area (Å²) in [6, 6.07) is 0.565. The van der Waals surface area contributed by atoms with E-state index in [0.29, 0.717) is 6.04 Å². The summed E-state index contributed by atoms with van der Waals surface area (Å²) in [5.41, 5.74) is 0. The Kier molecular flexibility index (Phi) is 6.24. The lowest BCUT2D eigenvalue weighted by atomic mass is 10.3. The average molecular weight is 184 g/mol. The molecule has 0 fully saturated rings. The molecule has 3 nitrogen and oxygen atoms in total. The van der Waals surface area contributed by atoms with E-state index in [2.05, 4.69) is 37.7 Å². The normalized spacial score (nSPS) is 10.5. The van der Waals surface area contributed by atoms with Crippen molar-refractivity contribution in [3.63, 3.8) is 0 Å². The van der Waals surface area contributed by atoms with E-state index in [4.69, 9.17) is 0 Å². The molecule has 0 rings (SSSR count). The van der Waals surface area contributed by atoms with Gasteiger partial charge in [-0.3, -0.25) is 4.79 Å². The number of hydrogen-bond donors (Lipinski definition) is 1. The fourth-order valence-corrected chi connectivity index (χ4v) is 0.870. The largest absolute Gasteiger partial charge is 0.353 e. The van der Waals surface area contributed by atoms with E-state index in [1.165, 1.54) is 6.08 Å². The second-order valence-corrected chi connectivity index (χ2v) is 3.42. The van der Waals surface area contributed by atoms with Crippen LogP contribution in [0.4, 0.5) is 0 Å². The van der Waals surface area contributed by atoms with Gasteiger partial charge in [0, 0.05) is 12.6 Å². The second kappa shape index (κ2) is 6.66. The van der Waals surface area contributed by atoms with E-state index < -0.39 is 0 Å². The molecule has 1 amide bonds. The van der Waals surface area contributed by atoms with Gasteiger partial charge in [-0.25, -0.2) is 0 Å². The summed E-state index contributed by atoms with van der Waals surface area (Å²) < 4.78 is 0. The first-order chi connectivity index (χ1) is 6.07. The van der Waals surface area contributed by atoms with Crippen LogP contribution in [0.15, 0.2) is 12.7 Å². The summed E-state index contributed by atoms with van der Waals surface area (Å²) in [5, 5.41) is 2.74. The Morgan fingerprint density at radius 3 is 2.69 bits per heavy atom. The number of nitrogens with one attached hydrogen (secondary N) is 1. The molecule has 0 saturated heterocycles. The lowest BCUT2D eigenvalue weighted by Crippen LogP contribution is -2.30. The molecule has 3 heteroatoms. The average Bonchev–Trinajstić information content (AvgIpc) is 2.11. The molecule has 0 aromatic rings. The van der Waals surface area contributed by atoms with E-state index in [9.17, 15) is 4.79 Å². The fourth-order valence-electron chi connectivity index (χ4n) is 0.870. The number of nitrogens with zero attached hydrogens (tertiary/aromatic N) is 1. The number of amides is 1. The highest BCUT2D eigenvalue weighted by Crippen LogP contribution is 1.93. The van der Waals surface area contributed by atoms with E-state index in [0.717, 1.165) is 19.5 Å². The third-order valence-electron chi connectivity index (χ3n) is 2.05. The lowest BCUT2D eigenvalue weighted by Gasteiger charge is -2.20. The molecule has 0 unspecified atom stereocenters. The summed E-state index contributed by atoms with van der Waals surface area (Å²) in [7, 11) is 2.08. The predicted molar refractivity (Wildman–Crippen MR) is 55.6 cm³/mol. The monoisotopic (exact) mass is 184 g/mol. The highest BCUT2D eigenvalue weighted by molar-refractivity contribution is 5.86. The van der Waals surface area contributed by atoms with Crippen molar-refractivity contribution in [2.24, 2.45) is 0 Å². The van der Waals surface area contributed by atoms with Crippen molar-refractivity contribution >= 4 is 5.91 Å². The van der Waals surface area contributed by atoms with E-state index >= 15 is 0 Å². The van der Waals surface area contributed by atoms with Gasteiger partial charge in [0.05, 0.1) is 0 Å². The molecule has 0 saturated carbocycles. The Hall–Kier alpha value is -0.830. The Balaban J connectivity index is 3.35. The summed E-state index contributed by atoms with van der Waals surface area (Å²) >= 11 is 0. The Morgan fingerprint density at radius 2 is 2.23 bits per heavy atom. The van der Waals surface area contributed by atoms with Crippen LogP contribution in [-0.2, 0) is 4.79 Å². The standard InChI is InChI=1S/C10H20N2O/c1-5-10(13)11-7-6-8-12(4)9(2)3/h5,9H,1,6-8H2,2-4H3,(H,11,13). The molecule has 76 valence electrons. The molecule has 0 aliphatic heterocycles. The van der Waals surface area contributed by atoms with E-state index in [1.807, 2.05) is 0 Å². The molecule has 0 aliphatic carbocycles. The van der Waals surface area contributed by atoms with Crippen LogP contribution in [0.5, 0.6) is 0 Å². The summed E-state index contributed by atoms with van der Waals surface area (Å²) in [6.45, 7) is 9.42. The van der Waals surface area contributed by atoms with Gasteiger partial charge in [-0.15, -0.1) is 0 Å². The van der Waals surface area contributed by atoms with Gasteiger partial charge in [0.1, 0.15) is 0 Å². The van der Waals surface area contributed by atoms with Crippen LogP contribution in [-0.4, -0.2) is 37.0 Å². The van der Waals surface area contributed by atoms with Crippen molar-refractivity contribution in [2.75, 3.05) is 20.1 Å². The lowest BCUT2D eigenvalue weighted by molar-refractivity contribution is -0.116. The number of rotatable bonds is 6. The molecule has 0 aromatic carbocycles. The van der Waals surface area contributed by atoms with Crippen LogP contribution in [0, 0.1) is 0 Å². The first-order valence-electron chi connectivity index (χ1n) is 4.68. The van der Waals surface area contributed by atoms with Gasteiger partial charge in [-0.2, -0.15) is 0 Å². The minimum Gasteiger partial charge on any atom is -0.353 e. The molecule has 0 aromatic heterocycles. The van der Waals surface area contributed by atoms with Crippen LogP contribution < -0.4 is 5.32 Å². The molecule has 0 bridgehead atoms. The van der Waals surface area contributed by atoms with Crippen molar-refractivity contribution in [3.05, 3.63) is 12.7 Å². The Bertz CT molecular complexity index is 166. The zero-order valence-corrected chi connectivity index (χ0v) is 8.84. The Labute approximate surface area is 80.8 Å². The fraction of sp³-hybridized carbons (Fsp3) is 0.700. The van der Waals surface area contributed by atoms with Gasteiger partial charge in [0.2, 0.25) is 5.91 Å². The van der Waals surface area contributed by atoms with E-state index in [-0.39, 0.29) is 5.91 Å². The predicted octanol–water partition coefficient (Wildman–Crippen LogP) is 1.02. The van der Waals surface area contributed by atoms with Gasteiger partial charge in [0.25, 0.3) is 0 Å². The zero-order chi connectivity index (χ0) is 10.3. The molecule has 13 heavy (non-hydrogen) atoms. The molecule has 0 heterocycles. The zero-order valence-electron chi connectivity index (χ0n) is 8.84. The van der Waals surface area contributed by atoms with Crippen LogP contribution in [0.3, 0.4) is 0 Å². The third kappa shape index (κ3) is 6.34. The molecular weight excluding hydrogens is 164 g/mol. The van der Waals surface area contributed by atoms with Crippen LogP contribution in [0.1, 0.15) is 20.3 Å². The van der Waals surface area contributed by atoms with Crippen molar-refractivity contribution in [1.29, 1.82) is 0 Å². The molecule has 0 radical (unpaired) electrons. The van der Waals surface area contributed by atoms with Crippen molar-refractivity contribution in [2.45, 2.75) is 26.3 Å². The SMILES string of the molecule is C=CC(=O)NCCCN(C)C(C)C. The van der Waals surface area contributed by atoms with Gasteiger partial charge < -0.3 is 10.2 Å². The first-order valence-corrected chi connectivity index (χ1v) is 4.68. The highest BCUT2D eigenvalue weighted by atomic mass is 16.1. The highest BCUT2D eigenvalue weighted by Gasteiger charge is 2.01. The number of carbonyl (C=O) groups excluding carboxylic acids is 1. The van der Waals surface area contributed by atoms with Gasteiger partial charge in [0.15, 0.2) is 0 Å². The summed E-state index contributed by atoms with van der Waals surface area (Å²) in [6.07, 6.45) is 2.28. The maximum Gasteiger partial charge on any atom is 0.243 e. The Morgan fingerprint density at radius 1 is 1.62 bits per heavy atom. The second-order valence-electron chi connectivity index (χ2n) is 3.42. The van der Waals surface area contributed by atoms with Crippen molar-refractivity contribution in [3.8, 4) is 0 Å². The third-order valence-corrected chi connectivity index (χ3v) is 2.05. The summed E-state index contributed by atoms with van der Waals surface area (Å²) in [5.74, 6) is -0.0906. The van der Waals surface area contributed by atoms with Gasteiger partial charge in [-0.1, -0.05) is 6.58 Å². The van der Waals surface area contributed by atoms with Gasteiger partial charge in [-0.05, 0) is 39.9 Å². The van der Waals surface area contributed by atoms with Crippen LogP contribution in [0.25, 0.3) is 0 Å². The first kappa shape index (κ1) is 12.2. The van der Waals surface area contributed by atoms with Crippen LogP contribution >= 0.6 is 0 Å². The maximum absolute atomic E-state index is 10.7. The minimum atomic E-state index is -0.0906.